The molecule has 4 aromatic rings. The molecule has 1 N–H and O–H groups in total. The summed E-state index contributed by atoms with van der Waals surface area (Å²) in [6.07, 6.45) is 0. The van der Waals surface area contributed by atoms with Crippen molar-refractivity contribution < 1.29 is 9.84 Å². The van der Waals surface area contributed by atoms with Crippen molar-refractivity contribution in [1.82, 2.24) is 0 Å². The zero-order valence-corrected chi connectivity index (χ0v) is 22.1. The Labute approximate surface area is 216 Å². The number of aliphatic hydroxyl groups is 1. The fourth-order valence-corrected chi connectivity index (χ4v) is 4.79. The molecule has 2 heteroatoms. The number of benzene rings is 4. The zero-order valence-electron chi connectivity index (χ0n) is 22.1. The van der Waals surface area contributed by atoms with Crippen LogP contribution in [0.4, 0.5) is 0 Å². The first-order chi connectivity index (χ1) is 17.3. The number of aliphatic hydroxyl groups excluding tert-OH is 1. The average Bonchev–Trinajstić information content (AvgIpc) is 2.93. The van der Waals surface area contributed by atoms with Gasteiger partial charge < -0.3 is 9.84 Å². The quantitative estimate of drug-likeness (QED) is 0.262. The zero-order chi connectivity index (χ0) is 25.7. The SMILES string of the molecule is CC(c1ccccc1)c1cc(C(C)c2ccccc2)c(OC(C)(C)CO)c(C(C)c2ccccc2)c1. The molecule has 0 aliphatic heterocycles. The van der Waals surface area contributed by atoms with E-state index in [2.05, 4.69) is 124 Å². The molecule has 3 atom stereocenters. The second-order valence-corrected chi connectivity index (χ2v) is 10.4. The van der Waals surface area contributed by atoms with Crippen LogP contribution in [0.3, 0.4) is 0 Å². The Bertz CT molecular complexity index is 1180. The number of hydrogen-bond acceptors (Lipinski definition) is 2. The molecule has 36 heavy (non-hydrogen) atoms. The van der Waals surface area contributed by atoms with Crippen molar-refractivity contribution in [3.8, 4) is 5.75 Å². The van der Waals surface area contributed by atoms with Gasteiger partial charge in [-0.25, -0.2) is 0 Å². The highest BCUT2D eigenvalue weighted by atomic mass is 16.5. The lowest BCUT2D eigenvalue weighted by molar-refractivity contribution is 0.0393. The van der Waals surface area contributed by atoms with Crippen molar-refractivity contribution in [2.24, 2.45) is 0 Å². The summed E-state index contributed by atoms with van der Waals surface area (Å²) in [5.41, 5.74) is 6.65. The van der Waals surface area contributed by atoms with Crippen molar-refractivity contribution in [1.29, 1.82) is 0 Å². The lowest BCUT2D eigenvalue weighted by atomic mass is 9.81. The second kappa shape index (κ2) is 11.1. The molecule has 186 valence electrons. The van der Waals surface area contributed by atoms with E-state index >= 15 is 0 Å². The van der Waals surface area contributed by atoms with Crippen LogP contribution < -0.4 is 4.74 Å². The highest BCUT2D eigenvalue weighted by Gasteiger charge is 2.28. The highest BCUT2D eigenvalue weighted by Crippen LogP contribution is 2.43. The van der Waals surface area contributed by atoms with Gasteiger partial charge in [-0.15, -0.1) is 0 Å². The van der Waals surface area contributed by atoms with Crippen molar-refractivity contribution in [2.75, 3.05) is 6.61 Å². The maximum absolute atomic E-state index is 10.1. The van der Waals surface area contributed by atoms with E-state index in [4.69, 9.17) is 4.74 Å². The summed E-state index contributed by atoms with van der Waals surface area (Å²) in [5, 5.41) is 10.1. The minimum Gasteiger partial charge on any atom is -0.485 e. The molecule has 0 bridgehead atoms. The molecule has 4 rings (SSSR count). The fraction of sp³-hybridized carbons (Fsp3) is 0.294. The van der Waals surface area contributed by atoms with Crippen LogP contribution in [0.2, 0.25) is 0 Å². The van der Waals surface area contributed by atoms with E-state index in [-0.39, 0.29) is 24.4 Å². The van der Waals surface area contributed by atoms with Crippen molar-refractivity contribution >= 4 is 0 Å². The van der Waals surface area contributed by atoms with E-state index in [1.807, 2.05) is 13.8 Å². The van der Waals surface area contributed by atoms with E-state index in [1.165, 1.54) is 22.3 Å². The molecule has 0 saturated carbocycles. The van der Waals surface area contributed by atoms with E-state index in [0.29, 0.717) is 0 Å². The Morgan fingerprint density at radius 2 is 0.944 bits per heavy atom. The molecule has 0 aliphatic rings. The van der Waals surface area contributed by atoms with Crippen LogP contribution in [0.15, 0.2) is 103 Å². The normalized spacial score (nSPS) is 14.2. The topological polar surface area (TPSA) is 29.5 Å². The van der Waals surface area contributed by atoms with Crippen LogP contribution in [0, 0.1) is 0 Å². The Hall–Kier alpha value is -3.36. The van der Waals surface area contributed by atoms with E-state index < -0.39 is 5.60 Å². The Kier molecular flexibility index (Phi) is 7.96. The largest absolute Gasteiger partial charge is 0.485 e. The molecular weight excluding hydrogens is 440 g/mol. The third kappa shape index (κ3) is 5.71. The smallest absolute Gasteiger partial charge is 0.127 e. The molecule has 0 aromatic heterocycles. The summed E-state index contributed by atoms with van der Waals surface area (Å²) in [6, 6.07) is 36.5. The average molecular weight is 479 g/mol. The van der Waals surface area contributed by atoms with Crippen LogP contribution in [0.1, 0.15) is 85.8 Å². The Balaban J connectivity index is 1.96. The van der Waals surface area contributed by atoms with Gasteiger partial charge in [-0.05, 0) is 36.1 Å². The van der Waals surface area contributed by atoms with Gasteiger partial charge in [0.15, 0.2) is 0 Å². The van der Waals surface area contributed by atoms with Crippen LogP contribution in [0.5, 0.6) is 5.75 Å². The van der Waals surface area contributed by atoms with E-state index in [1.54, 1.807) is 0 Å². The molecule has 4 aromatic carbocycles. The summed E-state index contributed by atoms with van der Waals surface area (Å²) in [4.78, 5) is 0. The number of ether oxygens (including phenoxy) is 1. The number of hydrogen-bond donors (Lipinski definition) is 1. The first kappa shape index (κ1) is 25.7. The van der Waals surface area contributed by atoms with Gasteiger partial charge >= 0.3 is 0 Å². The van der Waals surface area contributed by atoms with Crippen LogP contribution in [0.25, 0.3) is 0 Å². The molecular formula is C34H38O2. The summed E-state index contributed by atoms with van der Waals surface area (Å²) in [6.45, 7) is 10.6. The van der Waals surface area contributed by atoms with Gasteiger partial charge in [0, 0.05) is 28.9 Å². The molecule has 2 nitrogen and oxygen atoms in total. The maximum Gasteiger partial charge on any atom is 0.127 e. The summed E-state index contributed by atoms with van der Waals surface area (Å²) in [5.74, 6) is 1.36. The summed E-state index contributed by atoms with van der Waals surface area (Å²) < 4.78 is 6.69. The first-order valence-corrected chi connectivity index (χ1v) is 12.9. The standard InChI is InChI=1S/C34H38O2/c1-24(27-15-9-6-10-16-27)30-21-31(25(2)28-17-11-7-12-18-28)33(36-34(4,5)23-35)32(22-30)26(3)29-19-13-8-14-20-29/h6-22,24-26,35H,23H2,1-5H3. The summed E-state index contributed by atoms with van der Waals surface area (Å²) >= 11 is 0. The third-order valence-electron chi connectivity index (χ3n) is 7.26. The minimum absolute atomic E-state index is 0.0620. The third-order valence-corrected chi connectivity index (χ3v) is 7.26. The summed E-state index contributed by atoms with van der Waals surface area (Å²) in [7, 11) is 0. The van der Waals surface area contributed by atoms with Gasteiger partial charge in [-0.3, -0.25) is 0 Å². The van der Waals surface area contributed by atoms with Crippen LogP contribution in [-0.2, 0) is 0 Å². The molecule has 3 unspecified atom stereocenters. The van der Waals surface area contributed by atoms with E-state index in [0.717, 1.165) is 16.9 Å². The van der Waals surface area contributed by atoms with Crippen molar-refractivity contribution in [2.45, 2.75) is 58.0 Å². The van der Waals surface area contributed by atoms with Crippen LogP contribution in [-0.4, -0.2) is 17.3 Å². The Morgan fingerprint density at radius 3 is 1.31 bits per heavy atom. The molecule has 0 radical (unpaired) electrons. The van der Waals surface area contributed by atoms with E-state index in [9.17, 15) is 5.11 Å². The molecule has 0 saturated heterocycles. The first-order valence-electron chi connectivity index (χ1n) is 12.9. The minimum atomic E-state index is -0.705. The molecule has 0 amide bonds. The molecule has 0 spiro atoms. The molecule has 0 aliphatic carbocycles. The predicted molar refractivity (Wildman–Crippen MR) is 150 cm³/mol. The lowest BCUT2D eigenvalue weighted by Crippen LogP contribution is -2.33. The monoisotopic (exact) mass is 478 g/mol. The lowest BCUT2D eigenvalue weighted by Gasteiger charge is -2.32. The van der Waals surface area contributed by atoms with Gasteiger partial charge in [-0.1, -0.05) is 124 Å². The highest BCUT2D eigenvalue weighted by molar-refractivity contribution is 5.54. The van der Waals surface area contributed by atoms with Gasteiger partial charge in [0.05, 0.1) is 6.61 Å². The second-order valence-electron chi connectivity index (χ2n) is 10.4. The van der Waals surface area contributed by atoms with Crippen molar-refractivity contribution in [3.63, 3.8) is 0 Å². The fourth-order valence-electron chi connectivity index (χ4n) is 4.79. The van der Waals surface area contributed by atoms with Crippen LogP contribution >= 0.6 is 0 Å². The Morgan fingerprint density at radius 1 is 0.583 bits per heavy atom. The number of rotatable bonds is 9. The molecule has 0 heterocycles. The predicted octanol–water partition coefficient (Wildman–Crippen LogP) is 8.29. The maximum atomic E-state index is 10.1. The van der Waals surface area contributed by atoms with Gasteiger partial charge in [0.1, 0.15) is 11.4 Å². The van der Waals surface area contributed by atoms with Gasteiger partial charge in [0.2, 0.25) is 0 Å². The van der Waals surface area contributed by atoms with Gasteiger partial charge in [-0.2, -0.15) is 0 Å². The molecule has 0 fully saturated rings. The van der Waals surface area contributed by atoms with Gasteiger partial charge in [0.25, 0.3) is 0 Å². The van der Waals surface area contributed by atoms with Crippen molar-refractivity contribution in [3.05, 3.63) is 137 Å².